The minimum absolute atomic E-state index is 0.0112. The van der Waals surface area contributed by atoms with E-state index in [1.165, 1.54) is 0 Å². The van der Waals surface area contributed by atoms with E-state index in [-0.39, 0.29) is 12.1 Å². The molecule has 0 bridgehead atoms. The van der Waals surface area contributed by atoms with E-state index in [9.17, 15) is 4.79 Å². The van der Waals surface area contributed by atoms with E-state index in [2.05, 4.69) is 10.3 Å². The van der Waals surface area contributed by atoms with Crippen LogP contribution in [0.15, 0.2) is 29.6 Å². The second-order valence-electron chi connectivity index (χ2n) is 4.88. The van der Waals surface area contributed by atoms with Gasteiger partial charge in [0.1, 0.15) is 6.17 Å². The van der Waals surface area contributed by atoms with Gasteiger partial charge in [-0.15, -0.1) is 11.3 Å². The first kappa shape index (κ1) is 14.0. The number of carbonyl (C=O) groups excluding carboxylic acids is 1. The van der Waals surface area contributed by atoms with E-state index in [4.69, 9.17) is 4.74 Å². The summed E-state index contributed by atoms with van der Waals surface area (Å²) in [6.45, 7) is 2.99. The summed E-state index contributed by atoms with van der Waals surface area (Å²) in [5.41, 5.74) is 2.42. The van der Waals surface area contributed by atoms with Crippen LogP contribution in [-0.2, 0) is 4.74 Å². The molecule has 21 heavy (non-hydrogen) atoms. The summed E-state index contributed by atoms with van der Waals surface area (Å²) in [5, 5.41) is 6.39. The van der Waals surface area contributed by atoms with E-state index >= 15 is 0 Å². The van der Waals surface area contributed by atoms with Crippen LogP contribution < -0.4 is 5.32 Å². The van der Waals surface area contributed by atoms with Crippen LogP contribution in [-0.4, -0.2) is 36.1 Å². The highest BCUT2D eigenvalue weighted by atomic mass is 32.1. The Morgan fingerprint density at radius 3 is 2.95 bits per heavy atom. The number of amides is 1. The van der Waals surface area contributed by atoms with Gasteiger partial charge in [-0.05, 0) is 19.1 Å². The molecule has 0 aliphatic carbocycles. The van der Waals surface area contributed by atoms with Crippen molar-refractivity contribution in [2.45, 2.75) is 13.1 Å². The van der Waals surface area contributed by atoms with Crippen molar-refractivity contribution in [1.82, 2.24) is 9.88 Å². The number of thiazole rings is 1. The Bertz CT molecular complexity index is 656. The topological polar surface area (TPSA) is 54.5 Å². The molecule has 3 rings (SSSR count). The summed E-state index contributed by atoms with van der Waals surface area (Å²) < 4.78 is 5.13. The van der Waals surface area contributed by atoms with Gasteiger partial charge >= 0.3 is 0 Å². The summed E-state index contributed by atoms with van der Waals surface area (Å²) in [6.07, 6.45) is -0.243. The molecule has 2 aromatic rings. The van der Waals surface area contributed by atoms with Crippen LogP contribution in [0.1, 0.15) is 27.2 Å². The van der Waals surface area contributed by atoms with Gasteiger partial charge in [0.15, 0.2) is 0 Å². The van der Waals surface area contributed by atoms with Gasteiger partial charge in [-0.25, -0.2) is 4.98 Å². The number of carbonyl (C=O) groups is 1. The van der Waals surface area contributed by atoms with Crippen molar-refractivity contribution < 1.29 is 9.53 Å². The molecule has 0 spiro atoms. The number of hydrogen-bond acceptors (Lipinski definition) is 5. The molecule has 0 radical (unpaired) electrons. The third-order valence-corrected chi connectivity index (χ3v) is 4.27. The Hall–Kier alpha value is -1.92. The molecule has 6 heteroatoms. The van der Waals surface area contributed by atoms with Crippen LogP contribution in [0.2, 0.25) is 0 Å². The van der Waals surface area contributed by atoms with E-state index in [1.54, 1.807) is 23.3 Å². The normalized spacial score (nSPS) is 17.5. The van der Waals surface area contributed by atoms with E-state index in [1.807, 2.05) is 36.6 Å². The highest BCUT2D eigenvalue weighted by Gasteiger charge is 2.33. The zero-order chi connectivity index (χ0) is 14.8. The van der Waals surface area contributed by atoms with Gasteiger partial charge in [0.25, 0.3) is 5.91 Å². The average Bonchev–Trinajstić information content (AvgIpc) is 2.93. The van der Waals surface area contributed by atoms with Crippen LogP contribution >= 0.6 is 11.3 Å². The molecule has 110 valence electrons. The average molecular weight is 303 g/mol. The molecule has 1 aliphatic heterocycles. The molecule has 0 saturated carbocycles. The summed E-state index contributed by atoms with van der Waals surface area (Å²) in [5.74, 6) is 0.0112. The third kappa shape index (κ3) is 2.64. The van der Waals surface area contributed by atoms with Gasteiger partial charge in [0, 0.05) is 24.7 Å². The fourth-order valence-electron chi connectivity index (χ4n) is 2.45. The first-order chi connectivity index (χ1) is 10.2. The SMILES string of the molecule is COCCN1C(=O)c2ccccc2N[C@H]1c1csc(C)n1. The zero-order valence-corrected chi connectivity index (χ0v) is 12.8. The number of aryl methyl sites for hydroxylation is 1. The number of nitrogens with one attached hydrogen (secondary N) is 1. The van der Waals surface area contributed by atoms with Crippen LogP contribution in [0.3, 0.4) is 0 Å². The lowest BCUT2D eigenvalue weighted by Crippen LogP contribution is -2.44. The minimum Gasteiger partial charge on any atom is -0.383 e. The number of methoxy groups -OCH3 is 1. The Morgan fingerprint density at radius 2 is 2.24 bits per heavy atom. The molecule has 1 aromatic heterocycles. The van der Waals surface area contributed by atoms with Crippen molar-refractivity contribution in [2.75, 3.05) is 25.6 Å². The van der Waals surface area contributed by atoms with E-state index in [0.717, 1.165) is 16.4 Å². The lowest BCUT2D eigenvalue weighted by atomic mass is 10.1. The molecule has 1 amide bonds. The quantitative estimate of drug-likeness (QED) is 0.943. The van der Waals surface area contributed by atoms with Crippen molar-refractivity contribution in [1.29, 1.82) is 0 Å². The number of anilines is 1. The van der Waals surface area contributed by atoms with Gasteiger partial charge in [-0.2, -0.15) is 0 Å². The molecule has 0 saturated heterocycles. The largest absolute Gasteiger partial charge is 0.383 e. The lowest BCUT2D eigenvalue weighted by Gasteiger charge is -2.36. The first-order valence-corrected chi connectivity index (χ1v) is 7.66. The first-order valence-electron chi connectivity index (χ1n) is 6.78. The summed E-state index contributed by atoms with van der Waals surface area (Å²) >= 11 is 1.59. The van der Waals surface area contributed by atoms with Crippen molar-refractivity contribution >= 4 is 22.9 Å². The van der Waals surface area contributed by atoms with Crippen molar-refractivity contribution in [3.8, 4) is 0 Å². The number of ether oxygens (including phenoxy) is 1. The molecule has 1 N–H and O–H groups in total. The van der Waals surface area contributed by atoms with Gasteiger partial charge < -0.3 is 15.0 Å². The number of para-hydroxylation sites is 1. The molecular weight excluding hydrogens is 286 g/mol. The summed E-state index contributed by atoms with van der Waals surface area (Å²) in [6, 6.07) is 7.56. The summed E-state index contributed by atoms with van der Waals surface area (Å²) in [7, 11) is 1.64. The highest BCUT2D eigenvalue weighted by molar-refractivity contribution is 7.09. The van der Waals surface area contributed by atoms with Crippen molar-refractivity contribution in [3.63, 3.8) is 0 Å². The predicted octanol–water partition coefficient (Wildman–Crippen LogP) is 2.66. The van der Waals surface area contributed by atoms with Crippen molar-refractivity contribution in [2.24, 2.45) is 0 Å². The van der Waals surface area contributed by atoms with Gasteiger partial charge in [-0.1, -0.05) is 12.1 Å². The van der Waals surface area contributed by atoms with Crippen LogP contribution in [0.5, 0.6) is 0 Å². The number of aromatic nitrogens is 1. The van der Waals surface area contributed by atoms with Crippen LogP contribution in [0.4, 0.5) is 5.69 Å². The maximum atomic E-state index is 12.7. The predicted molar refractivity (Wildman–Crippen MR) is 82.6 cm³/mol. The van der Waals surface area contributed by atoms with E-state index in [0.29, 0.717) is 18.7 Å². The Labute approximate surface area is 127 Å². The molecular formula is C15H17N3O2S. The zero-order valence-electron chi connectivity index (χ0n) is 12.0. The second kappa shape index (κ2) is 5.83. The number of fused-ring (bicyclic) bond motifs is 1. The van der Waals surface area contributed by atoms with Crippen LogP contribution in [0.25, 0.3) is 0 Å². The Morgan fingerprint density at radius 1 is 1.43 bits per heavy atom. The molecule has 1 aromatic carbocycles. The molecule has 0 unspecified atom stereocenters. The standard InChI is InChI=1S/C15H17N3O2S/c1-10-16-13(9-21-10)14-17-12-6-4-3-5-11(12)15(19)18(14)7-8-20-2/h3-6,9,14,17H,7-8H2,1-2H3/t14-/m1/s1. The monoisotopic (exact) mass is 303 g/mol. The van der Waals surface area contributed by atoms with Gasteiger partial charge in [0.05, 0.1) is 22.9 Å². The van der Waals surface area contributed by atoms with Crippen molar-refractivity contribution in [3.05, 3.63) is 45.9 Å². The second-order valence-corrected chi connectivity index (χ2v) is 5.94. The third-order valence-electron chi connectivity index (χ3n) is 3.48. The number of benzene rings is 1. The lowest BCUT2D eigenvalue weighted by molar-refractivity contribution is 0.0606. The van der Waals surface area contributed by atoms with Gasteiger partial charge in [-0.3, -0.25) is 4.79 Å². The molecule has 2 heterocycles. The van der Waals surface area contributed by atoms with Crippen LogP contribution in [0, 0.1) is 6.92 Å². The molecule has 5 nitrogen and oxygen atoms in total. The fraction of sp³-hybridized carbons (Fsp3) is 0.333. The Kier molecular flexibility index (Phi) is 3.90. The number of rotatable bonds is 4. The molecule has 0 fully saturated rings. The number of nitrogens with zero attached hydrogens (tertiary/aromatic N) is 2. The Balaban J connectivity index is 1.98. The summed E-state index contributed by atoms with van der Waals surface area (Å²) in [4.78, 5) is 19.0. The number of hydrogen-bond donors (Lipinski definition) is 1. The minimum atomic E-state index is -0.243. The fourth-order valence-corrected chi connectivity index (χ4v) is 3.08. The van der Waals surface area contributed by atoms with Gasteiger partial charge in [0.2, 0.25) is 0 Å². The maximum Gasteiger partial charge on any atom is 0.257 e. The molecule has 1 atom stereocenters. The smallest absolute Gasteiger partial charge is 0.257 e. The maximum absolute atomic E-state index is 12.7. The molecule has 1 aliphatic rings. The highest BCUT2D eigenvalue weighted by Crippen LogP contribution is 2.33. The van der Waals surface area contributed by atoms with E-state index < -0.39 is 0 Å².